The lowest BCUT2D eigenvalue weighted by Gasteiger charge is -2.19. The van der Waals surface area contributed by atoms with E-state index in [2.05, 4.69) is 16.0 Å². The van der Waals surface area contributed by atoms with Gasteiger partial charge in [0.05, 0.1) is 13.2 Å². The van der Waals surface area contributed by atoms with Crippen molar-refractivity contribution in [3.05, 3.63) is 41.5 Å². The SMILES string of the molecule is CC(C)(C)OC(=O)NCC(=O)Nc1cccc(CNC(=O)C=C2CCOCC2)c1. The summed E-state index contributed by atoms with van der Waals surface area (Å²) in [7, 11) is 0. The molecule has 0 aliphatic carbocycles. The highest BCUT2D eigenvalue weighted by molar-refractivity contribution is 5.94. The predicted molar refractivity (Wildman–Crippen MR) is 109 cm³/mol. The van der Waals surface area contributed by atoms with Gasteiger partial charge >= 0.3 is 6.09 Å². The van der Waals surface area contributed by atoms with Crippen LogP contribution in [0.4, 0.5) is 10.5 Å². The van der Waals surface area contributed by atoms with Crippen molar-refractivity contribution < 1.29 is 23.9 Å². The molecule has 1 fully saturated rings. The van der Waals surface area contributed by atoms with Gasteiger partial charge in [-0.15, -0.1) is 0 Å². The molecule has 1 aromatic carbocycles. The van der Waals surface area contributed by atoms with Crippen molar-refractivity contribution in [2.45, 2.75) is 45.8 Å². The average molecular weight is 403 g/mol. The predicted octanol–water partition coefficient (Wildman–Crippen LogP) is 2.50. The molecule has 8 nitrogen and oxygen atoms in total. The van der Waals surface area contributed by atoms with Gasteiger partial charge in [-0.1, -0.05) is 17.7 Å². The molecule has 0 spiro atoms. The van der Waals surface area contributed by atoms with E-state index < -0.39 is 11.7 Å². The molecule has 0 atom stereocenters. The molecule has 0 unspecified atom stereocenters. The summed E-state index contributed by atoms with van der Waals surface area (Å²) >= 11 is 0. The monoisotopic (exact) mass is 403 g/mol. The van der Waals surface area contributed by atoms with E-state index in [1.54, 1.807) is 45.0 Å². The van der Waals surface area contributed by atoms with Gasteiger partial charge in [0.1, 0.15) is 12.1 Å². The molecule has 29 heavy (non-hydrogen) atoms. The quantitative estimate of drug-likeness (QED) is 0.633. The van der Waals surface area contributed by atoms with Gasteiger partial charge < -0.3 is 25.4 Å². The first-order valence-corrected chi connectivity index (χ1v) is 9.62. The van der Waals surface area contributed by atoms with E-state index in [0.29, 0.717) is 25.4 Å². The summed E-state index contributed by atoms with van der Waals surface area (Å²) in [6, 6.07) is 7.15. The van der Waals surface area contributed by atoms with Crippen LogP contribution in [-0.4, -0.2) is 43.3 Å². The van der Waals surface area contributed by atoms with Crippen LogP contribution in [0.2, 0.25) is 0 Å². The minimum absolute atomic E-state index is 0.141. The van der Waals surface area contributed by atoms with E-state index in [-0.39, 0.29) is 18.4 Å². The number of hydrogen-bond donors (Lipinski definition) is 3. The van der Waals surface area contributed by atoms with Crippen LogP contribution in [0.25, 0.3) is 0 Å². The first kappa shape index (κ1) is 22.4. The van der Waals surface area contributed by atoms with Crippen LogP contribution in [0.15, 0.2) is 35.9 Å². The van der Waals surface area contributed by atoms with Crippen molar-refractivity contribution in [1.82, 2.24) is 10.6 Å². The van der Waals surface area contributed by atoms with Gasteiger partial charge in [0, 0.05) is 18.3 Å². The molecule has 158 valence electrons. The Hall–Kier alpha value is -2.87. The number of benzene rings is 1. The van der Waals surface area contributed by atoms with Crippen molar-refractivity contribution in [3.8, 4) is 0 Å². The van der Waals surface area contributed by atoms with Gasteiger partial charge in [-0.3, -0.25) is 9.59 Å². The Bertz CT molecular complexity index is 760. The molecule has 1 aromatic rings. The molecular formula is C21H29N3O5. The normalized spacial score (nSPS) is 14.0. The topological polar surface area (TPSA) is 106 Å². The molecule has 0 aromatic heterocycles. The molecule has 1 aliphatic heterocycles. The summed E-state index contributed by atoms with van der Waals surface area (Å²) in [5.74, 6) is -0.515. The van der Waals surface area contributed by atoms with Crippen molar-refractivity contribution in [2.24, 2.45) is 0 Å². The van der Waals surface area contributed by atoms with Gasteiger partial charge in [0.2, 0.25) is 11.8 Å². The van der Waals surface area contributed by atoms with Gasteiger partial charge in [-0.25, -0.2) is 4.79 Å². The van der Waals surface area contributed by atoms with E-state index in [0.717, 1.165) is 24.0 Å². The van der Waals surface area contributed by atoms with Crippen molar-refractivity contribution in [2.75, 3.05) is 25.1 Å². The fraction of sp³-hybridized carbons (Fsp3) is 0.476. The number of alkyl carbamates (subject to hydrolysis) is 1. The Morgan fingerprint density at radius 1 is 1.14 bits per heavy atom. The minimum atomic E-state index is -0.650. The first-order chi connectivity index (χ1) is 13.7. The van der Waals surface area contributed by atoms with Crippen LogP contribution in [0.1, 0.15) is 39.2 Å². The van der Waals surface area contributed by atoms with Crippen LogP contribution in [-0.2, 0) is 25.6 Å². The van der Waals surface area contributed by atoms with Crippen molar-refractivity contribution in [3.63, 3.8) is 0 Å². The number of carbonyl (C=O) groups is 3. The molecule has 1 saturated heterocycles. The maximum absolute atomic E-state index is 12.0. The van der Waals surface area contributed by atoms with Gasteiger partial charge in [-0.2, -0.15) is 0 Å². The number of carbonyl (C=O) groups excluding carboxylic acids is 3. The largest absolute Gasteiger partial charge is 0.444 e. The molecule has 3 N–H and O–H groups in total. The molecular weight excluding hydrogens is 374 g/mol. The molecule has 3 amide bonds. The van der Waals surface area contributed by atoms with Crippen LogP contribution < -0.4 is 16.0 Å². The van der Waals surface area contributed by atoms with Crippen LogP contribution in [0, 0.1) is 0 Å². The van der Waals surface area contributed by atoms with Crippen LogP contribution in [0.5, 0.6) is 0 Å². The summed E-state index contributed by atoms with van der Waals surface area (Å²) in [6.45, 7) is 6.70. The second-order valence-electron chi connectivity index (χ2n) is 7.74. The third kappa shape index (κ3) is 9.25. The van der Waals surface area contributed by atoms with E-state index in [4.69, 9.17) is 9.47 Å². The van der Waals surface area contributed by atoms with E-state index in [9.17, 15) is 14.4 Å². The molecule has 0 saturated carbocycles. The number of amides is 3. The lowest BCUT2D eigenvalue weighted by molar-refractivity contribution is -0.117. The first-order valence-electron chi connectivity index (χ1n) is 9.62. The Labute approximate surface area is 171 Å². The average Bonchev–Trinajstić information content (AvgIpc) is 2.65. The molecule has 2 rings (SSSR count). The Kier molecular flexibility index (Phi) is 8.21. The standard InChI is InChI=1S/C21H29N3O5/c1-21(2,3)29-20(27)23-14-19(26)24-17-6-4-5-16(11-17)13-22-18(25)12-15-7-9-28-10-8-15/h4-6,11-12H,7-10,13-14H2,1-3H3,(H,22,25)(H,23,27)(H,24,26). The summed E-state index contributed by atoms with van der Waals surface area (Å²) in [6.07, 6.45) is 2.55. The lowest BCUT2D eigenvalue weighted by atomic mass is 10.1. The molecule has 0 radical (unpaired) electrons. The maximum atomic E-state index is 12.0. The highest BCUT2D eigenvalue weighted by Gasteiger charge is 2.16. The fourth-order valence-corrected chi connectivity index (χ4v) is 2.63. The Morgan fingerprint density at radius 2 is 1.86 bits per heavy atom. The van der Waals surface area contributed by atoms with Gasteiger partial charge in [0.15, 0.2) is 0 Å². The zero-order valence-corrected chi connectivity index (χ0v) is 17.2. The molecule has 1 aliphatic rings. The number of rotatable bonds is 6. The Morgan fingerprint density at radius 3 is 2.55 bits per heavy atom. The second-order valence-corrected chi connectivity index (χ2v) is 7.74. The number of anilines is 1. The molecule has 1 heterocycles. The van der Waals surface area contributed by atoms with Gasteiger partial charge in [-0.05, 0) is 51.3 Å². The zero-order valence-electron chi connectivity index (χ0n) is 17.2. The minimum Gasteiger partial charge on any atom is -0.444 e. The molecule has 8 heteroatoms. The zero-order chi connectivity index (χ0) is 21.3. The summed E-state index contributed by atoms with van der Waals surface area (Å²) in [4.78, 5) is 35.7. The van der Waals surface area contributed by atoms with E-state index in [1.165, 1.54) is 0 Å². The smallest absolute Gasteiger partial charge is 0.408 e. The van der Waals surface area contributed by atoms with Crippen molar-refractivity contribution >= 4 is 23.6 Å². The van der Waals surface area contributed by atoms with Crippen molar-refractivity contribution in [1.29, 1.82) is 0 Å². The van der Waals surface area contributed by atoms with Crippen LogP contribution >= 0.6 is 0 Å². The third-order valence-electron chi connectivity index (χ3n) is 3.94. The van der Waals surface area contributed by atoms with E-state index >= 15 is 0 Å². The second kappa shape index (κ2) is 10.6. The number of hydrogen-bond acceptors (Lipinski definition) is 5. The Balaban J connectivity index is 1.78. The third-order valence-corrected chi connectivity index (χ3v) is 3.94. The highest BCUT2D eigenvalue weighted by Crippen LogP contribution is 2.13. The number of ether oxygens (including phenoxy) is 2. The molecule has 0 bridgehead atoms. The van der Waals surface area contributed by atoms with Crippen LogP contribution in [0.3, 0.4) is 0 Å². The fourth-order valence-electron chi connectivity index (χ4n) is 2.63. The summed E-state index contributed by atoms with van der Waals surface area (Å²) in [5, 5.41) is 7.96. The van der Waals surface area contributed by atoms with E-state index in [1.807, 2.05) is 6.07 Å². The lowest BCUT2D eigenvalue weighted by Crippen LogP contribution is -2.37. The maximum Gasteiger partial charge on any atom is 0.408 e. The number of nitrogens with one attached hydrogen (secondary N) is 3. The summed E-state index contributed by atoms with van der Waals surface area (Å²) in [5.41, 5.74) is 1.89. The highest BCUT2D eigenvalue weighted by atomic mass is 16.6. The van der Waals surface area contributed by atoms with Gasteiger partial charge in [0.25, 0.3) is 0 Å². The summed E-state index contributed by atoms with van der Waals surface area (Å²) < 4.78 is 10.4.